The highest BCUT2D eigenvalue weighted by Gasteiger charge is 2.28. The highest BCUT2D eigenvalue weighted by molar-refractivity contribution is 6.08. The molecule has 5 heteroatoms. The van der Waals surface area contributed by atoms with Gasteiger partial charge in [-0.15, -0.1) is 0 Å². The average molecular weight is 252 g/mol. The lowest BCUT2D eigenvalue weighted by Gasteiger charge is -2.26. The molecule has 1 aliphatic rings. The SMILES string of the molecule is Cn1cc(C#N)c(N2CCc3ccccc3C2=O)n1. The van der Waals surface area contributed by atoms with Crippen molar-refractivity contribution in [1.29, 1.82) is 5.26 Å². The number of hydrogen-bond donors (Lipinski definition) is 0. The van der Waals surface area contributed by atoms with Crippen LogP contribution in [0.25, 0.3) is 0 Å². The first kappa shape index (κ1) is 11.5. The molecular formula is C14H12N4O. The van der Waals surface area contributed by atoms with Gasteiger partial charge < -0.3 is 0 Å². The van der Waals surface area contributed by atoms with Gasteiger partial charge in [0.2, 0.25) is 0 Å². The Morgan fingerprint density at radius 2 is 2.16 bits per heavy atom. The lowest BCUT2D eigenvalue weighted by molar-refractivity contribution is 0.0979. The van der Waals surface area contributed by atoms with Crippen molar-refractivity contribution in [3.05, 3.63) is 47.2 Å². The molecule has 0 aliphatic carbocycles. The molecule has 94 valence electrons. The number of benzene rings is 1. The van der Waals surface area contributed by atoms with E-state index in [9.17, 15) is 4.79 Å². The van der Waals surface area contributed by atoms with E-state index in [1.807, 2.05) is 24.3 Å². The number of aromatic nitrogens is 2. The summed E-state index contributed by atoms with van der Waals surface area (Å²) >= 11 is 0. The second-order valence-electron chi connectivity index (χ2n) is 4.52. The van der Waals surface area contributed by atoms with Crippen LogP contribution in [0.4, 0.5) is 5.82 Å². The van der Waals surface area contributed by atoms with Gasteiger partial charge in [0.1, 0.15) is 11.6 Å². The van der Waals surface area contributed by atoms with Gasteiger partial charge in [0, 0.05) is 25.4 Å². The van der Waals surface area contributed by atoms with Gasteiger partial charge in [-0.05, 0) is 18.1 Å². The van der Waals surface area contributed by atoms with E-state index < -0.39 is 0 Å². The third-order valence-electron chi connectivity index (χ3n) is 3.28. The summed E-state index contributed by atoms with van der Waals surface area (Å²) in [5, 5.41) is 13.3. The third-order valence-corrected chi connectivity index (χ3v) is 3.28. The molecular weight excluding hydrogens is 240 g/mol. The Bertz CT molecular complexity index is 696. The van der Waals surface area contributed by atoms with Crippen LogP contribution in [0.1, 0.15) is 21.5 Å². The summed E-state index contributed by atoms with van der Waals surface area (Å²) in [5.41, 5.74) is 2.18. The van der Waals surface area contributed by atoms with Crippen LogP contribution in [0, 0.1) is 11.3 Å². The molecule has 1 aliphatic heterocycles. The van der Waals surface area contributed by atoms with Crippen LogP contribution < -0.4 is 4.90 Å². The van der Waals surface area contributed by atoms with Crippen LogP contribution in [0.2, 0.25) is 0 Å². The minimum absolute atomic E-state index is 0.0861. The molecule has 0 unspecified atom stereocenters. The quantitative estimate of drug-likeness (QED) is 0.772. The number of nitriles is 1. The highest BCUT2D eigenvalue weighted by Crippen LogP contribution is 2.25. The first-order valence-electron chi connectivity index (χ1n) is 6.04. The highest BCUT2D eigenvalue weighted by atomic mass is 16.2. The van der Waals surface area contributed by atoms with Crippen molar-refractivity contribution in [3.8, 4) is 6.07 Å². The zero-order valence-electron chi connectivity index (χ0n) is 10.5. The summed E-state index contributed by atoms with van der Waals surface area (Å²) in [4.78, 5) is 14.0. The molecule has 0 fully saturated rings. The van der Waals surface area contributed by atoms with E-state index in [1.165, 1.54) is 0 Å². The van der Waals surface area contributed by atoms with Crippen LogP contribution in [0.15, 0.2) is 30.5 Å². The first-order chi connectivity index (χ1) is 9.20. The van der Waals surface area contributed by atoms with Gasteiger partial charge in [-0.1, -0.05) is 18.2 Å². The van der Waals surface area contributed by atoms with Crippen molar-refractivity contribution >= 4 is 11.7 Å². The molecule has 19 heavy (non-hydrogen) atoms. The fourth-order valence-electron chi connectivity index (χ4n) is 2.38. The van der Waals surface area contributed by atoms with Gasteiger partial charge in [0.15, 0.2) is 5.82 Å². The molecule has 0 saturated heterocycles. The second kappa shape index (κ2) is 4.25. The van der Waals surface area contributed by atoms with E-state index >= 15 is 0 Å². The maximum absolute atomic E-state index is 12.5. The topological polar surface area (TPSA) is 61.9 Å². The summed E-state index contributed by atoms with van der Waals surface area (Å²) in [5.74, 6) is 0.363. The lowest BCUT2D eigenvalue weighted by atomic mass is 9.99. The number of hydrogen-bond acceptors (Lipinski definition) is 3. The summed E-state index contributed by atoms with van der Waals surface area (Å²) in [6.07, 6.45) is 2.41. The zero-order valence-corrected chi connectivity index (χ0v) is 10.5. The monoisotopic (exact) mass is 252 g/mol. The third kappa shape index (κ3) is 1.78. The van der Waals surface area contributed by atoms with Gasteiger partial charge in [-0.3, -0.25) is 14.4 Å². The minimum atomic E-state index is -0.0861. The van der Waals surface area contributed by atoms with Crippen LogP contribution in [0.5, 0.6) is 0 Å². The molecule has 0 saturated carbocycles. The molecule has 0 radical (unpaired) electrons. The first-order valence-corrected chi connectivity index (χ1v) is 6.04. The zero-order chi connectivity index (χ0) is 13.4. The fraction of sp³-hybridized carbons (Fsp3) is 0.214. The maximum atomic E-state index is 12.5. The largest absolute Gasteiger partial charge is 0.290 e. The van der Waals surface area contributed by atoms with Crippen molar-refractivity contribution in [1.82, 2.24) is 9.78 Å². The molecule has 0 spiro atoms. The second-order valence-corrected chi connectivity index (χ2v) is 4.52. The summed E-state index contributed by atoms with van der Waals surface area (Å²) in [6, 6.07) is 9.65. The van der Waals surface area contributed by atoms with Crippen LogP contribution in [-0.4, -0.2) is 22.2 Å². The molecule has 1 aromatic heterocycles. The summed E-state index contributed by atoms with van der Waals surface area (Å²) < 4.78 is 1.56. The normalized spacial score (nSPS) is 14.1. The van der Waals surface area contributed by atoms with Gasteiger partial charge in [0.05, 0.1) is 0 Å². The van der Waals surface area contributed by atoms with E-state index in [1.54, 1.807) is 22.8 Å². The summed E-state index contributed by atoms with van der Waals surface area (Å²) in [6.45, 7) is 0.557. The van der Waals surface area contributed by atoms with Gasteiger partial charge in [0.25, 0.3) is 5.91 Å². The molecule has 0 atom stereocenters. The van der Waals surface area contributed by atoms with Gasteiger partial charge in [-0.2, -0.15) is 10.4 Å². The number of nitrogens with zero attached hydrogens (tertiary/aromatic N) is 4. The number of amides is 1. The van der Waals surface area contributed by atoms with Crippen LogP contribution in [0.3, 0.4) is 0 Å². The minimum Gasteiger partial charge on any atom is -0.290 e. The van der Waals surface area contributed by atoms with E-state index in [2.05, 4.69) is 11.2 Å². The van der Waals surface area contributed by atoms with Crippen molar-refractivity contribution in [2.75, 3.05) is 11.4 Å². The number of rotatable bonds is 1. The lowest BCUT2D eigenvalue weighted by Crippen LogP contribution is -2.38. The van der Waals surface area contributed by atoms with Crippen molar-refractivity contribution in [3.63, 3.8) is 0 Å². The van der Waals surface area contributed by atoms with E-state index in [-0.39, 0.29) is 5.91 Å². The Labute approximate surface area is 110 Å². The summed E-state index contributed by atoms with van der Waals surface area (Å²) in [7, 11) is 1.74. The molecule has 1 amide bonds. The predicted octanol–water partition coefficient (Wildman–Crippen LogP) is 1.49. The molecule has 3 rings (SSSR count). The Morgan fingerprint density at radius 3 is 2.95 bits per heavy atom. The van der Waals surface area contributed by atoms with E-state index in [0.717, 1.165) is 12.0 Å². The molecule has 2 aromatic rings. The van der Waals surface area contributed by atoms with E-state index in [0.29, 0.717) is 23.5 Å². The van der Waals surface area contributed by atoms with Crippen LogP contribution in [-0.2, 0) is 13.5 Å². The molecule has 5 nitrogen and oxygen atoms in total. The van der Waals surface area contributed by atoms with E-state index in [4.69, 9.17) is 5.26 Å². The Balaban J connectivity index is 2.05. The Hall–Kier alpha value is -2.61. The Morgan fingerprint density at radius 1 is 1.37 bits per heavy atom. The fourth-order valence-corrected chi connectivity index (χ4v) is 2.38. The van der Waals surface area contributed by atoms with Crippen LogP contribution >= 0.6 is 0 Å². The number of fused-ring (bicyclic) bond motifs is 1. The Kier molecular flexibility index (Phi) is 2.57. The van der Waals surface area contributed by atoms with Crippen molar-refractivity contribution in [2.24, 2.45) is 7.05 Å². The number of aryl methyl sites for hydroxylation is 1. The standard InChI is InChI=1S/C14H12N4O/c1-17-9-11(8-15)13(16-17)18-7-6-10-4-2-3-5-12(10)14(18)19/h2-5,9H,6-7H2,1H3. The smallest absolute Gasteiger partial charge is 0.259 e. The molecule has 0 N–H and O–H groups in total. The van der Waals surface area contributed by atoms with Crippen molar-refractivity contribution in [2.45, 2.75) is 6.42 Å². The molecule has 2 heterocycles. The predicted molar refractivity (Wildman–Crippen MR) is 69.7 cm³/mol. The number of carbonyl (C=O) groups excluding carboxylic acids is 1. The van der Waals surface area contributed by atoms with Gasteiger partial charge >= 0.3 is 0 Å². The molecule has 1 aromatic carbocycles. The van der Waals surface area contributed by atoms with Gasteiger partial charge in [-0.25, -0.2) is 0 Å². The number of anilines is 1. The molecule has 0 bridgehead atoms. The maximum Gasteiger partial charge on any atom is 0.259 e. The van der Waals surface area contributed by atoms with Crippen molar-refractivity contribution < 1.29 is 4.79 Å². The average Bonchev–Trinajstić information content (AvgIpc) is 2.80. The number of carbonyl (C=O) groups is 1.